The topological polar surface area (TPSA) is 9.86 Å². The van der Waals surface area contributed by atoms with Gasteiger partial charge in [-0.2, -0.15) is 0 Å². The molecule has 3 aliphatic rings. The van der Waals surface area contributed by atoms with Crippen LogP contribution in [0.25, 0.3) is 66.2 Å². The maximum Gasteiger partial charge on any atom is 0.0541 e. The molecule has 1 atom stereocenters. The quantitative estimate of drug-likeness (QED) is 0.198. The number of hydrogen-bond acceptors (Lipinski definition) is 1. The fourth-order valence-corrected chi connectivity index (χ4v) is 9.43. The summed E-state index contributed by atoms with van der Waals surface area (Å²) in [5.74, 6) is 0.548. The second-order valence-electron chi connectivity index (χ2n) is 12.4. The maximum absolute atomic E-state index is 2.50. The summed E-state index contributed by atoms with van der Waals surface area (Å²) < 4.78 is 4.86. The van der Waals surface area contributed by atoms with E-state index in [1.807, 2.05) is 11.8 Å². The van der Waals surface area contributed by atoms with E-state index in [9.17, 15) is 0 Å². The fourth-order valence-electron chi connectivity index (χ4n) is 7.96. The minimum Gasteiger partial charge on any atom is -0.310 e. The number of para-hydroxylation sites is 3. The van der Waals surface area contributed by atoms with E-state index in [-0.39, 0.29) is 0 Å². The van der Waals surface area contributed by atoms with Crippen LogP contribution in [0.1, 0.15) is 19.3 Å². The van der Waals surface area contributed by atoms with E-state index in [0.29, 0.717) is 5.92 Å². The summed E-state index contributed by atoms with van der Waals surface area (Å²) in [7, 11) is 0. The molecule has 1 unspecified atom stereocenters. The normalized spacial score (nSPS) is 17.2. The first-order valence-electron chi connectivity index (χ1n) is 15.9. The van der Waals surface area contributed by atoms with Crippen LogP contribution < -0.4 is 10.6 Å². The Morgan fingerprint density at radius 2 is 1.29 bits per heavy atom. The molecule has 2 nitrogen and oxygen atoms in total. The van der Waals surface area contributed by atoms with Gasteiger partial charge < -0.3 is 9.13 Å². The molecule has 0 saturated heterocycles. The molecule has 0 amide bonds. The number of thioether (sulfide) groups is 1. The molecule has 0 spiro atoms. The van der Waals surface area contributed by atoms with Crippen molar-refractivity contribution < 1.29 is 0 Å². The molecule has 2 aliphatic carbocycles. The average molecular weight is 595 g/mol. The fraction of sp³-hybridized carbons (Fsp3) is 0.0952. The minimum atomic E-state index is 0.548. The van der Waals surface area contributed by atoms with Crippen molar-refractivity contribution in [1.29, 1.82) is 0 Å². The summed E-state index contributed by atoms with van der Waals surface area (Å²) in [5.41, 5.74) is 10.3. The van der Waals surface area contributed by atoms with Gasteiger partial charge in [0.25, 0.3) is 0 Å². The predicted molar refractivity (Wildman–Crippen MR) is 191 cm³/mol. The van der Waals surface area contributed by atoms with Crippen molar-refractivity contribution in [3.63, 3.8) is 0 Å². The lowest BCUT2D eigenvalue weighted by molar-refractivity contribution is 0.754. The summed E-state index contributed by atoms with van der Waals surface area (Å²) in [6.45, 7) is 0. The van der Waals surface area contributed by atoms with Gasteiger partial charge in [-0.1, -0.05) is 103 Å². The van der Waals surface area contributed by atoms with Crippen molar-refractivity contribution in [3.05, 3.63) is 155 Å². The van der Waals surface area contributed by atoms with Gasteiger partial charge in [0.05, 0.1) is 21.9 Å². The highest BCUT2D eigenvalue weighted by molar-refractivity contribution is 8.12. The molecule has 3 heteroatoms. The number of fused-ring (bicyclic) bond motifs is 8. The Balaban J connectivity index is 1.10. The van der Waals surface area contributed by atoms with E-state index in [2.05, 4.69) is 149 Å². The zero-order chi connectivity index (χ0) is 29.5. The van der Waals surface area contributed by atoms with Gasteiger partial charge >= 0.3 is 0 Å². The number of benzene rings is 5. The molecular weight excluding hydrogens is 565 g/mol. The van der Waals surface area contributed by atoms with Crippen LogP contribution in [0, 0.1) is 5.92 Å². The highest BCUT2D eigenvalue weighted by Gasteiger charge is 2.33. The second kappa shape index (κ2) is 9.76. The van der Waals surface area contributed by atoms with Gasteiger partial charge in [0, 0.05) is 48.5 Å². The Kier molecular flexibility index (Phi) is 5.50. The first kappa shape index (κ1) is 25.3. The minimum absolute atomic E-state index is 0.548. The lowest BCUT2D eigenvalue weighted by atomic mass is 9.87. The van der Waals surface area contributed by atoms with Gasteiger partial charge in [-0.15, -0.1) is 0 Å². The Morgan fingerprint density at radius 1 is 0.600 bits per heavy atom. The molecule has 5 aromatic carbocycles. The van der Waals surface area contributed by atoms with Crippen molar-refractivity contribution >= 4 is 55.5 Å². The summed E-state index contributed by atoms with van der Waals surface area (Å²) >= 11 is 2.02. The monoisotopic (exact) mass is 594 g/mol. The van der Waals surface area contributed by atoms with Gasteiger partial charge in [-0.25, -0.2) is 0 Å². The van der Waals surface area contributed by atoms with Crippen LogP contribution in [0.3, 0.4) is 0 Å². The molecular formula is C42H30N2S. The van der Waals surface area contributed by atoms with Crippen molar-refractivity contribution in [1.82, 2.24) is 9.13 Å². The van der Waals surface area contributed by atoms with Crippen LogP contribution in [-0.4, -0.2) is 9.13 Å². The van der Waals surface area contributed by atoms with Gasteiger partial charge in [-0.05, 0) is 84.5 Å². The summed E-state index contributed by atoms with van der Waals surface area (Å²) in [5, 5.41) is 6.72. The molecule has 0 radical (unpaired) electrons. The third-order valence-corrected chi connectivity index (χ3v) is 11.3. The average Bonchev–Trinajstić information content (AvgIpc) is 3.76. The van der Waals surface area contributed by atoms with Crippen molar-refractivity contribution in [2.24, 2.45) is 5.92 Å². The molecule has 0 saturated carbocycles. The molecule has 0 N–H and O–H groups in total. The standard InChI is InChI=1S/C42H30N2S/c1-2-10-29(11-3-1)43-36-15-7-4-12-31(36)35-26-28(20-24-38(35)43)27-18-21-30(22-19-27)44-37-16-8-5-14-34(37)41-39(44)25-23-33-32-13-6-9-17-40(32)45-42(33)41/h1-5,7-12,14-22,24-26,33H,6,13,23H2. The van der Waals surface area contributed by atoms with E-state index in [0.717, 1.165) is 6.42 Å². The summed E-state index contributed by atoms with van der Waals surface area (Å²) in [4.78, 5) is 3.05. The van der Waals surface area contributed by atoms with E-state index < -0.39 is 0 Å². The molecule has 3 heterocycles. The summed E-state index contributed by atoms with van der Waals surface area (Å²) in [6, 6.07) is 44.5. The zero-order valence-corrected chi connectivity index (χ0v) is 25.6. The molecule has 0 fully saturated rings. The molecule has 0 bridgehead atoms. The molecule has 45 heavy (non-hydrogen) atoms. The highest BCUT2D eigenvalue weighted by atomic mass is 32.2. The van der Waals surface area contributed by atoms with Crippen LogP contribution in [0.5, 0.6) is 0 Å². The highest BCUT2D eigenvalue weighted by Crippen LogP contribution is 2.52. The van der Waals surface area contributed by atoms with E-state index in [1.54, 1.807) is 10.5 Å². The van der Waals surface area contributed by atoms with Gasteiger partial charge in [-0.3, -0.25) is 0 Å². The Labute approximate surface area is 265 Å². The number of hydrogen-bond donors (Lipinski definition) is 0. The number of rotatable bonds is 3. The number of nitrogens with zero attached hydrogens (tertiary/aromatic N) is 2. The largest absolute Gasteiger partial charge is 0.310 e. The van der Waals surface area contributed by atoms with E-state index in [1.165, 1.54) is 83.5 Å². The van der Waals surface area contributed by atoms with Crippen molar-refractivity contribution in [2.45, 2.75) is 19.3 Å². The Morgan fingerprint density at radius 3 is 2.13 bits per heavy atom. The van der Waals surface area contributed by atoms with Crippen LogP contribution in [0.2, 0.25) is 0 Å². The van der Waals surface area contributed by atoms with Gasteiger partial charge in [0.15, 0.2) is 0 Å². The van der Waals surface area contributed by atoms with Crippen LogP contribution in [0.15, 0.2) is 144 Å². The van der Waals surface area contributed by atoms with Crippen LogP contribution in [-0.2, 0) is 0 Å². The van der Waals surface area contributed by atoms with Crippen molar-refractivity contribution in [3.8, 4) is 22.5 Å². The van der Waals surface area contributed by atoms with Gasteiger partial charge in [0.1, 0.15) is 0 Å². The van der Waals surface area contributed by atoms with Gasteiger partial charge in [0.2, 0.25) is 0 Å². The number of allylic oxidation sites excluding steroid dienone is 3. The first-order valence-corrected chi connectivity index (χ1v) is 16.8. The third-order valence-electron chi connectivity index (χ3n) is 9.97. The molecule has 10 rings (SSSR count). The van der Waals surface area contributed by atoms with Crippen LogP contribution in [0.4, 0.5) is 0 Å². The maximum atomic E-state index is 2.50. The molecule has 1 aliphatic heterocycles. The molecule has 2 aromatic heterocycles. The molecule has 214 valence electrons. The van der Waals surface area contributed by atoms with E-state index >= 15 is 0 Å². The predicted octanol–water partition coefficient (Wildman–Crippen LogP) is 9.65. The summed E-state index contributed by atoms with van der Waals surface area (Å²) in [6.07, 6.45) is 10.7. The smallest absolute Gasteiger partial charge is 0.0541 e. The first-order chi connectivity index (χ1) is 22.3. The zero-order valence-electron chi connectivity index (χ0n) is 24.8. The lowest BCUT2D eigenvalue weighted by Crippen LogP contribution is -2.34. The second-order valence-corrected chi connectivity index (χ2v) is 13.5. The third kappa shape index (κ3) is 3.71. The SMILES string of the molecule is C1=CC2=C(CC1)C1CC=c3c(c4ccccc4n3-c3ccc(-c4ccc5c(c4)c4ccccc4n5-c4ccccc4)cc3)=C1S2. The lowest BCUT2D eigenvalue weighted by Gasteiger charge is -2.18. The van der Waals surface area contributed by atoms with Crippen molar-refractivity contribution in [2.75, 3.05) is 0 Å². The van der Waals surface area contributed by atoms with Crippen LogP contribution >= 0.6 is 11.8 Å². The molecule has 7 aromatic rings. The Hall–Kier alpha value is -4.99. The van der Waals surface area contributed by atoms with E-state index in [4.69, 9.17) is 0 Å². The number of aromatic nitrogens is 2. The Bertz CT molecular complexity index is 2520.